The van der Waals surface area contributed by atoms with Gasteiger partial charge in [-0.05, 0) is 24.3 Å². The number of hydrogen-bond donors (Lipinski definition) is 0. The Morgan fingerprint density at radius 3 is 1.81 bits per heavy atom. The number of carbonyl (C=O) groups is 1. The quantitative estimate of drug-likeness (QED) is 0.288. The SMILES string of the molecule is O=Cc1cc(-c2ccc(Cl)c(Cl)c2Cl)ncc1-c1ccc(Cl)c(Cl)c1Cl. The molecule has 0 bridgehead atoms. The second-order valence-electron chi connectivity index (χ2n) is 5.22. The third-order valence-electron chi connectivity index (χ3n) is 3.70. The molecule has 1 aromatic heterocycles. The van der Waals surface area contributed by atoms with E-state index in [-0.39, 0.29) is 20.1 Å². The lowest BCUT2D eigenvalue weighted by molar-refractivity contribution is 0.112. The van der Waals surface area contributed by atoms with Gasteiger partial charge in [-0.2, -0.15) is 0 Å². The first-order valence-electron chi connectivity index (χ1n) is 7.08. The van der Waals surface area contributed by atoms with Crippen LogP contribution in [0.1, 0.15) is 10.4 Å². The number of hydrogen-bond acceptors (Lipinski definition) is 2. The molecule has 26 heavy (non-hydrogen) atoms. The van der Waals surface area contributed by atoms with E-state index in [0.29, 0.717) is 44.3 Å². The summed E-state index contributed by atoms with van der Waals surface area (Å²) in [5.41, 5.74) is 2.44. The molecule has 1 heterocycles. The van der Waals surface area contributed by atoms with Crippen LogP contribution in [-0.2, 0) is 0 Å². The average Bonchev–Trinajstić information content (AvgIpc) is 2.64. The van der Waals surface area contributed by atoms with Gasteiger partial charge in [0.2, 0.25) is 0 Å². The van der Waals surface area contributed by atoms with Gasteiger partial charge in [0.1, 0.15) is 0 Å². The number of pyridine rings is 1. The van der Waals surface area contributed by atoms with Gasteiger partial charge in [0.05, 0.1) is 35.8 Å². The van der Waals surface area contributed by atoms with Crippen molar-refractivity contribution in [3.05, 3.63) is 72.2 Å². The van der Waals surface area contributed by atoms with Crippen LogP contribution in [0.25, 0.3) is 22.4 Å². The molecule has 0 radical (unpaired) electrons. The molecular formula is C18H7Cl6NO. The predicted molar refractivity (Wildman–Crippen MR) is 111 cm³/mol. The van der Waals surface area contributed by atoms with Crippen molar-refractivity contribution in [3.8, 4) is 22.4 Å². The molecular weight excluding hydrogens is 459 g/mol. The van der Waals surface area contributed by atoms with E-state index in [1.54, 1.807) is 30.3 Å². The Morgan fingerprint density at radius 2 is 1.23 bits per heavy atom. The van der Waals surface area contributed by atoms with Crippen LogP contribution >= 0.6 is 69.6 Å². The van der Waals surface area contributed by atoms with Gasteiger partial charge < -0.3 is 0 Å². The van der Waals surface area contributed by atoms with Crippen LogP contribution in [0.15, 0.2) is 36.5 Å². The van der Waals surface area contributed by atoms with E-state index in [9.17, 15) is 4.79 Å². The van der Waals surface area contributed by atoms with Crippen LogP contribution in [-0.4, -0.2) is 11.3 Å². The third-order valence-corrected chi connectivity index (χ3v) is 6.29. The van der Waals surface area contributed by atoms with Crippen molar-refractivity contribution in [2.45, 2.75) is 0 Å². The Kier molecular flexibility index (Phi) is 6.03. The summed E-state index contributed by atoms with van der Waals surface area (Å²) < 4.78 is 0. The number of nitrogens with zero attached hydrogens (tertiary/aromatic N) is 1. The van der Waals surface area contributed by atoms with E-state index in [1.165, 1.54) is 6.20 Å². The zero-order valence-corrected chi connectivity index (χ0v) is 17.2. The highest BCUT2D eigenvalue weighted by atomic mass is 35.5. The molecule has 0 amide bonds. The second-order valence-corrected chi connectivity index (χ2v) is 7.55. The normalized spacial score (nSPS) is 10.8. The largest absolute Gasteiger partial charge is 0.298 e. The molecule has 2 aromatic carbocycles. The molecule has 0 saturated heterocycles. The van der Waals surface area contributed by atoms with E-state index in [0.717, 1.165) is 0 Å². The minimum absolute atomic E-state index is 0.208. The van der Waals surface area contributed by atoms with E-state index in [1.807, 2.05) is 0 Å². The van der Waals surface area contributed by atoms with Crippen LogP contribution in [0, 0.1) is 0 Å². The molecule has 0 fully saturated rings. The summed E-state index contributed by atoms with van der Waals surface area (Å²) in [6, 6.07) is 8.15. The zero-order chi connectivity index (χ0) is 19.0. The van der Waals surface area contributed by atoms with Crippen LogP contribution in [0.2, 0.25) is 30.1 Å². The first-order valence-corrected chi connectivity index (χ1v) is 9.35. The number of benzene rings is 2. The molecule has 3 rings (SSSR count). The predicted octanol–water partition coefficient (Wildman–Crippen LogP) is 8.15. The molecule has 0 aliphatic heterocycles. The molecule has 3 aromatic rings. The first kappa shape index (κ1) is 19.8. The Balaban J connectivity index is 2.18. The maximum Gasteiger partial charge on any atom is 0.150 e. The molecule has 0 spiro atoms. The van der Waals surface area contributed by atoms with Crippen molar-refractivity contribution in [1.82, 2.24) is 4.98 Å². The summed E-state index contributed by atoms with van der Waals surface area (Å²) in [5.74, 6) is 0. The number of halogens is 6. The fraction of sp³-hybridized carbons (Fsp3) is 0. The Bertz CT molecular complexity index is 1030. The lowest BCUT2D eigenvalue weighted by atomic mass is 10.00. The maximum absolute atomic E-state index is 11.6. The fourth-order valence-corrected chi connectivity index (χ4v) is 3.67. The molecule has 8 heteroatoms. The van der Waals surface area contributed by atoms with E-state index >= 15 is 0 Å². The zero-order valence-electron chi connectivity index (χ0n) is 12.7. The maximum atomic E-state index is 11.6. The molecule has 0 aliphatic carbocycles. The topological polar surface area (TPSA) is 30.0 Å². The fourth-order valence-electron chi connectivity index (χ4n) is 2.40. The molecule has 0 N–H and O–H groups in total. The van der Waals surface area contributed by atoms with E-state index in [4.69, 9.17) is 69.6 Å². The Morgan fingerprint density at radius 1 is 0.692 bits per heavy atom. The van der Waals surface area contributed by atoms with Gasteiger partial charge in [-0.1, -0.05) is 75.7 Å². The van der Waals surface area contributed by atoms with Gasteiger partial charge in [-0.15, -0.1) is 0 Å². The van der Waals surface area contributed by atoms with Gasteiger partial charge in [0.25, 0.3) is 0 Å². The third kappa shape index (κ3) is 3.55. The highest BCUT2D eigenvalue weighted by Crippen LogP contribution is 2.41. The van der Waals surface area contributed by atoms with Crippen LogP contribution in [0.5, 0.6) is 0 Å². The van der Waals surface area contributed by atoms with Crippen molar-refractivity contribution in [2.24, 2.45) is 0 Å². The molecule has 0 saturated carbocycles. The van der Waals surface area contributed by atoms with Gasteiger partial charge in [0, 0.05) is 28.5 Å². The molecule has 0 unspecified atom stereocenters. The summed E-state index contributed by atoms with van der Waals surface area (Å²) in [4.78, 5) is 16.0. The van der Waals surface area contributed by atoms with Gasteiger partial charge in [-0.25, -0.2) is 0 Å². The summed E-state index contributed by atoms with van der Waals surface area (Å²) in [5, 5.41) is 1.57. The number of aldehydes is 1. The summed E-state index contributed by atoms with van der Waals surface area (Å²) in [6.45, 7) is 0. The lowest BCUT2D eigenvalue weighted by Crippen LogP contribution is -1.94. The average molecular weight is 466 g/mol. The Hall–Kier alpha value is -1.000. The second kappa shape index (κ2) is 7.93. The van der Waals surface area contributed by atoms with Crippen molar-refractivity contribution < 1.29 is 4.79 Å². The van der Waals surface area contributed by atoms with Gasteiger partial charge in [0.15, 0.2) is 6.29 Å². The van der Waals surface area contributed by atoms with Crippen LogP contribution in [0.4, 0.5) is 0 Å². The molecule has 2 nitrogen and oxygen atoms in total. The number of aromatic nitrogens is 1. The van der Waals surface area contributed by atoms with Crippen molar-refractivity contribution in [2.75, 3.05) is 0 Å². The number of carbonyl (C=O) groups excluding carboxylic acids is 1. The highest BCUT2D eigenvalue weighted by Gasteiger charge is 2.17. The summed E-state index contributed by atoms with van der Waals surface area (Å²) in [6.07, 6.45) is 2.22. The first-order chi connectivity index (χ1) is 12.3. The van der Waals surface area contributed by atoms with Crippen LogP contribution < -0.4 is 0 Å². The molecule has 0 atom stereocenters. The monoisotopic (exact) mass is 463 g/mol. The smallest absolute Gasteiger partial charge is 0.150 e. The Labute approximate surface area is 179 Å². The summed E-state index contributed by atoms with van der Waals surface area (Å²) >= 11 is 36.6. The minimum Gasteiger partial charge on any atom is -0.298 e. The van der Waals surface area contributed by atoms with Gasteiger partial charge >= 0.3 is 0 Å². The van der Waals surface area contributed by atoms with Crippen molar-refractivity contribution in [1.29, 1.82) is 0 Å². The van der Waals surface area contributed by atoms with E-state index in [2.05, 4.69) is 4.98 Å². The summed E-state index contributed by atoms with van der Waals surface area (Å²) in [7, 11) is 0. The molecule has 0 aliphatic rings. The molecule has 132 valence electrons. The van der Waals surface area contributed by atoms with E-state index < -0.39 is 0 Å². The number of rotatable bonds is 3. The lowest BCUT2D eigenvalue weighted by Gasteiger charge is -2.12. The van der Waals surface area contributed by atoms with Crippen LogP contribution in [0.3, 0.4) is 0 Å². The van der Waals surface area contributed by atoms with Gasteiger partial charge in [-0.3, -0.25) is 9.78 Å². The standard InChI is InChI=1S/C18H7Cl6NO/c19-12-3-1-9(15(21)17(12)23)11-6-25-14(5-8(11)7-26)10-2-4-13(20)18(24)16(10)22/h1-7H. The van der Waals surface area contributed by atoms with Crippen molar-refractivity contribution >= 4 is 75.9 Å². The van der Waals surface area contributed by atoms with Crippen molar-refractivity contribution in [3.63, 3.8) is 0 Å². The highest BCUT2D eigenvalue weighted by molar-refractivity contribution is 6.50. The minimum atomic E-state index is 0.208.